The predicted molar refractivity (Wildman–Crippen MR) is 105 cm³/mol. The number of aromatic nitrogens is 3. The van der Waals surface area contributed by atoms with E-state index in [4.69, 9.17) is 9.97 Å². The molecule has 0 N–H and O–H groups in total. The first kappa shape index (κ1) is 16.7. The molecule has 0 unspecified atom stereocenters. The quantitative estimate of drug-likeness (QED) is 0.514. The Balaban J connectivity index is 1.71. The summed E-state index contributed by atoms with van der Waals surface area (Å²) in [4.78, 5) is 15.8. The highest BCUT2D eigenvalue weighted by Gasteiger charge is 2.21. The maximum Gasteiger partial charge on any atom is 0.163 e. The van der Waals surface area contributed by atoms with Crippen LogP contribution in [0.15, 0.2) is 60.9 Å². The van der Waals surface area contributed by atoms with Crippen LogP contribution in [0.4, 0.5) is 14.6 Å². The third-order valence-electron chi connectivity index (χ3n) is 4.99. The number of nitrogens with zero attached hydrogens (tertiary/aromatic N) is 4. The van der Waals surface area contributed by atoms with Crippen molar-refractivity contribution in [3.63, 3.8) is 0 Å². The van der Waals surface area contributed by atoms with Crippen LogP contribution in [0.2, 0.25) is 0 Å². The molecule has 1 saturated heterocycles. The van der Waals surface area contributed by atoms with Crippen molar-refractivity contribution >= 4 is 16.7 Å². The molecule has 0 spiro atoms. The summed E-state index contributed by atoms with van der Waals surface area (Å²) in [5, 5.41) is 0.915. The van der Waals surface area contributed by atoms with E-state index in [-0.39, 0.29) is 0 Å². The van der Waals surface area contributed by atoms with Crippen LogP contribution in [0.1, 0.15) is 6.42 Å². The second-order valence-electron chi connectivity index (χ2n) is 6.81. The summed E-state index contributed by atoms with van der Waals surface area (Å²) >= 11 is 0. The van der Waals surface area contributed by atoms with E-state index in [1.807, 2.05) is 30.3 Å². The molecule has 1 aliphatic heterocycles. The van der Waals surface area contributed by atoms with E-state index in [0.717, 1.165) is 47.9 Å². The van der Waals surface area contributed by atoms with Gasteiger partial charge in [0.2, 0.25) is 0 Å². The molecular weight excluding hydrogens is 358 g/mol. The van der Waals surface area contributed by atoms with Gasteiger partial charge in [0.1, 0.15) is 17.5 Å². The second-order valence-corrected chi connectivity index (χ2v) is 6.81. The Hall–Kier alpha value is -3.41. The van der Waals surface area contributed by atoms with Crippen LogP contribution in [0.25, 0.3) is 33.4 Å². The van der Waals surface area contributed by atoms with Gasteiger partial charge in [0.05, 0.1) is 5.52 Å². The molecule has 1 fully saturated rings. The topological polar surface area (TPSA) is 41.9 Å². The number of benzene rings is 2. The number of fused-ring (bicyclic) bond motifs is 1. The molecule has 3 heterocycles. The molecule has 0 atom stereocenters. The molecule has 5 rings (SSSR count). The van der Waals surface area contributed by atoms with E-state index in [9.17, 15) is 8.78 Å². The SMILES string of the molecule is Fc1ccc(-c2ccc3c(N4CCC4)nc(-c4cccnc4)nc3c2)c(F)c1. The molecule has 0 amide bonds. The van der Waals surface area contributed by atoms with Gasteiger partial charge in [-0.2, -0.15) is 0 Å². The number of pyridine rings is 1. The highest BCUT2D eigenvalue weighted by Crippen LogP contribution is 2.33. The van der Waals surface area contributed by atoms with E-state index < -0.39 is 11.6 Å². The van der Waals surface area contributed by atoms with Gasteiger partial charge in [0, 0.05) is 48.1 Å². The highest BCUT2D eigenvalue weighted by atomic mass is 19.1. The molecule has 28 heavy (non-hydrogen) atoms. The number of halogens is 2. The van der Waals surface area contributed by atoms with Gasteiger partial charge in [-0.3, -0.25) is 4.98 Å². The van der Waals surface area contributed by atoms with Gasteiger partial charge in [0.25, 0.3) is 0 Å². The van der Waals surface area contributed by atoms with Gasteiger partial charge in [-0.15, -0.1) is 0 Å². The minimum Gasteiger partial charge on any atom is -0.356 e. The number of rotatable bonds is 3. The average Bonchev–Trinajstić information content (AvgIpc) is 2.67. The molecule has 0 saturated carbocycles. The monoisotopic (exact) mass is 374 g/mol. The summed E-state index contributed by atoms with van der Waals surface area (Å²) in [5.41, 5.74) is 2.53. The van der Waals surface area contributed by atoms with Gasteiger partial charge in [0.15, 0.2) is 5.82 Å². The first-order chi connectivity index (χ1) is 13.7. The van der Waals surface area contributed by atoms with Crippen molar-refractivity contribution in [2.24, 2.45) is 0 Å². The Morgan fingerprint density at radius 2 is 1.79 bits per heavy atom. The molecule has 1 aliphatic rings. The van der Waals surface area contributed by atoms with E-state index in [1.54, 1.807) is 12.4 Å². The van der Waals surface area contributed by atoms with Crippen molar-refractivity contribution in [2.45, 2.75) is 6.42 Å². The lowest BCUT2D eigenvalue weighted by Crippen LogP contribution is -2.37. The summed E-state index contributed by atoms with van der Waals surface area (Å²) in [5.74, 6) is 0.271. The smallest absolute Gasteiger partial charge is 0.163 e. The van der Waals surface area contributed by atoms with Gasteiger partial charge in [-0.1, -0.05) is 6.07 Å². The Labute approximate surface area is 160 Å². The van der Waals surface area contributed by atoms with Crippen LogP contribution < -0.4 is 4.90 Å². The van der Waals surface area contributed by atoms with Crippen molar-refractivity contribution in [1.29, 1.82) is 0 Å². The van der Waals surface area contributed by atoms with Gasteiger partial charge in [-0.05, 0) is 48.4 Å². The molecule has 0 aliphatic carbocycles. The third kappa shape index (κ3) is 2.87. The number of hydrogen-bond donors (Lipinski definition) is 0. The third-order valence-corrected chi connectivity index (χ3v) is 4.99. The van der Waals surface area contributed by atoms with E-state index in [1.165, 1.54) is 12.1 Å². The summed E-state index contributed by atoms with van der Waals surface area (Å²) in [7, 11) is 0. The summed E-state index contributed by atoms with van der Waals surface area (Å²) in [6.45, 7) is 1.90. The van der Waals surface area contributed by atoms with Crippen LogP contribution in [0, 0.1) is 11.6 Å². The van der Waals surface area contributed by atoms with Crippen molar-refractivity contribution in [3.05, 3.63) is 72.6 Å². The van der Waals surface area contributed by atoms with E-state index in [2.05, 4.69) is 9.88 Å². The van der Waals surface area contributed by atoms with Crippen LogP contribution in [-0.2, 0) is 0 Å². The first-order valence-electron chi connectivity index (χ1n) is 9.11. The van der Waals surface area contributed by atoms with Gasteiger partial charge >= 0.3 is 0 Å². The second kappa shape index (κ2) is 6.64. The highest BCUT2D eigenvalue weighted by molar-refractivity contribution is 5.94. The fourth-order valence-electron chi connectivity index (χ4n) is 3.40. The van der Waals surface area contributed by atoms with Crippen molar-refractivity contribution in [2.75, 3.05) is 18.0 Å². The fourth-order valence-corrected chi connectivity index (χ4v) is 3.40. The van der Waals surface area contributed by atoms with Crippen LogP contribution in [0.5, 0.6) is 0 Å². The maximum atomic E-state index is 14.3. The predicted octanol–water partition coefficient (Wildman–Crippen LogP) is 4.85. The first-order valence-corrected chi connectivity index (χ1v) is 9.11. The van der Waals surface area contributed by atoms with Gasteiger partial charge < -0.3 is 4.90 Å². The zero-order valence-electron chi connectivity index (χ0n) is 14.9. The normalized spacial score (nSPS) is 13.6. The lowest BCUT2D eigenvalue weighted by atomic mass is 10.0. The molecular formula is C22H16F2N4. The Bertz CT molecular complexity index is 1170. The molecule has 138 valence electrons. The van der Waals surface area contributed by atoms with Crippen molar-refractivity contribution < 1.29 is 8.78 Å². The van der Waals surface area contributed by atoms with E-state index in [0.29, 0.717) is 17.0 Å². The summed E-state index contributed by atoms with van der Waals surface area (Å²) < 4.78 is 27.5. The Morgan fingerprint density at radius 1 is 0.893 bits per heavy atom. The minimum absolute atomic E-state index is 0.343. The molecule has 4 aromatic rings. The minimum atomic E-state index is -0.594. The zero-order valence-corrected chi connectivity index (χ0v) is 14.9. The molecule has 0 bridgehead atoms. The zero-order chi connectivity index (χ0) is 19.1. The molecule has 2 aromatic carbocycles. The number of anilines is 1. The maximum absolute atomic E-state index is 14.3. The van der Waals surface area contributed by atoms with Gasteiger partial charge in [-0.25, -0.2) is 18.7 Å². The molecule has 0 radical (unpaired) electrons. The fraction of sp³-hybridized carbons (Fsp3) is 0.136. The lowest BCUT2D eigenvalue weighted by Gasteiger charge is -2.33. The molecule has 4 nitrogen and oxygen atoms in total. The van der Waals surface area contributed by atoms with E-state index >= 15 is 0 Å². The van der Waals surface area contributed by atoms with Crippen LogP contribution in [-0.4, -0.2) is 28.0 Å². The average molecular weight is 374 g/mol. The van der Waals surface area contributed by atoms with Crippen LogP contribution >= 0.6 is 0 Å². The Kier molecular flexibility index (Phi) is 3.97. The van der Waals surface area contributed by atoms with Crippen molar-refractivity contribution in [1.82, 2.24) is 15.0 Å². The summed E-state index contributed by atoms with van der Waals surface area (Å²) in [6, 6.07) is 12.9. The standard InChI is InChI=1S/C22H16F2N4/c23-16-5-7-17(19(24)12-16)14-4-6-18-20(11-14)26-21(15-3-1-8-25-13-15)27-22(18)28-9-2-10-28/h1,3-8,11-13H,2,9-10H2. The lowest BCUT2D eigenvalue weighted by molar-refractivity contribution is 0.585. The molecule has 2 aromatic heterocycles. The van der Waals surface area contributed by atoms with Crippen molar-refractivity contribution in [3.8, 4) is 22.5 Å². The summed E-state index contributed by atoms with van der Waals surface area (Å²) in [6.07, 6.45) is 4.56. The Morgan fingerprint density at radius 3 is 2.50 bits per heavy atom. The number of hydrogen-bond acceptors (Lipinski definition) is 4. The molecule has 6 heteroatoms. The van der Waals surface area contributed by atoms with Crippen LogP contribution in [0.3, 0.4) is 0 Å². The largest absolute Gasteiger partial charge is 0.356 e.